The molecule has 1 saturated heterocycles. The predicted octanol–water partition coefficient (Wildman–Crippen LogP) is 4.33. The minimum atomic E-state index is -0.379. The normalized spacial score (nSPS) is 20.2. The zero-order valence-corrected chi connectivity index (χ0v) is 17.0. The average molecular weight is 398 g/mol. The average Bonchev–Trinajstić information content (AvgIpc) is 3.22. The molecule has 148 valence electrons. The summed E-state index contributed by atoms with van der Waals surface area (Å²) in [6.45, 7) is 2.88. The van der Waals surface area contributed by atoms with E-state index < -0.39 is 0 Å². The van der Waals surface area contributed by atoms with E-state index in [0.29, 0.717) is 0 Å². The Kier molecular flexibility index (Phi) is 5.98. The summed E-state index contributed by atoms with van der Waals surface area (Å²) in [6.07, 6.45) is 7.92. The van der Waals surface area contributed by atoms with Crippen LogP contribution in [0.4, 0.5) is 0 Å². The molecule has 1 aliphatic carbocycles. The van der Waals surface area contributed by atoms with Gasteiger partial charge in [-0.2, -0.15) is 0 Å². The first-order valence-electron chi connectivity index (χ1n) is 10.3. The summed E-state index contributed by atoms with van der Waals surface area (Å²) >= 11 is 6.06. The van der Waals surface area contributed by atoms with Crippen LogP contribution >= 0.6 is 11.6 Å². The third-order valence-electron chi connectivity index (χ3n) is 6.32. The Morgan fingerprint density at radius 2 is 1.82 bits per heavy atom. The quantitative estimate of drug-likeness (QED) is 0.816. The van der Waals surface area contributed by atoms with Crippen LogP contribution in [0.25, 0.3) is 0 Å². The molecule has 1 amide bonds. The lowest BCUT2D eigenvalue weighted by atomic mass is 9.77. The molecule has 1 aromatic carbocycles. The van der Waals surface area contributed by atoms with Gasteiger partial charge in [0.1, 0.15) is 0 Å². The molecule has 1 saturated carbocycles. The van der Waals surface area contributed by atoms with Crippen LogP contribution in [-0.2, 0) is 16.8 Å². The van der Waals surface area contributed by atoms with E-state index in [1.165, 1.54) is 0 Å². The van der Waals surface area contributed by atoms with E-state index in [4.69, 9.17) is 11.6 Å². The lowest BCUT2D eigenvalue weighted by molar-refractivity contribution is -0.127. The molecule has 4 rings (SSSR count). The van der Waals surface area contributed by atoms with Crippen LogP contribution in [0.3, 0.4) is 0 Å². The first-order chi connectivity index (χ1) is 13.7. The third kappa shape index (κ3) is 4.23. The van der Waals surface area contributed by atoms with Crippen LogP contribution in [0.1, 0.15) is 49.8 Å². The van der Waals surface area contributed by atoms with Gasteiger partial charge in [0.2, 0.25) is 5.91 Å². The van der Waals surface area contributed by atoms with Gasteiger partial charge in [0.15, 0.2) is 0 Å². The number of benzene rings is 1. The van der Waals surface area contributed by atoms with E-state index in [1.807, 2.05) is 42.6 Å². The maximum Gasteiger partial charge on any atom is 0.230 e. The van der Waals surface area contributed by atoms with Gasteiger partial charge in [0.05, 0.1) is 11.1 Å². The molecule has 1 aliphatic heterocycles. The summed E-state index contributed by atoms with van der Waals surface area (Å²) in [5.41, 5.74) is 1.84. The second-order valence-corrected chi connectivity index (χ2v) is 8.58. The van der Waals surface area contributed by atoms with Crippen molar-refractivity contribution in [3.63, 3.8) is 0 Å². The Morgan fingerprint density at radius 3 is 2.46 bits per heavy atom. The van der Waals surface area contributed by atoms with Crippen molar-refractivity contribution < 1.29 is 4.79 Å². The standard InChI is InChI=1S/C23H28ClN3O/c24-19-8-6-18(7-9-19)23(12-2-3-13-23)22(28)26-20-10-15-27(16-11-20)17-21-5-1-4-14-25-21/h1,4-9,14,20H,2-3,10-13,15-17H2,(H,26,28). The SMILES string of the molecule is O=C(NC1CCN(Cc2ccccn2)CC1)C1(c2ccc(Cl)cc2)CCCC1. The van der Waals surface area contributed by atoms with Gasteiger partial charge in [0, 0.05) is 36.9 Å². The first kappa shape index (κ1) is 19.4. The monoisotopic (exact) mass is 397 g/mol. The van der Waals surface area contributed by atoms with Gasteiger partial charge in [-0.1, -0.05) is 42.6 Å². The minimum absolute atomic E-state index is 0.204. The van der Waals surface area contributed by atoms with E-state index in [1.54, 1.807) is 0 Å². The van der Waals surface area contributed by atoms with Crippen LogP contribution in [0.15, 0.2) is 48.7 Å². The van der Waals surface area contributed by atoms with Crippen molar-refractivity contribution in [2.45, 2.75) is 56.5 Å². The number of hydrogen-bond acceptors (Lipinski definition) is 3. The Balaban J connectivity index is 1.36. The molecule has 2 fully saturated rings. The Morgan fingerprint density at radius 1 is 1.11 bits per heavy atom. The van der Waals surface area contributed by atoms with Crippen molar-refractivity contribution >= 4 is 17.5 Å². The van der Waals surface area contributed by atoms with Crippen LogP contribution in [0.2, 0.25) is 5.02 Å². The molecule has 28 heavy (non-hydrogen) atoms. The third-order valence-corrected chi connectivity index (χ3v) is 6.58. The van der Waals surface area contributed by atoms with Crippen molar-refractivity contribution in [2.24, 2.45) is 0 Å². The molecular formula is C23H28ClN3O. The molecular weight excluding hydrogens is 370 g/mol. The highest BCUT2D eigenvalue weighted by molar-refractivity contribution is 6.30. The number of carbonyl (C=O) groups excluding carboxylic acids is 1. The van der Waals surface area contributed by atoms with Crippen molar-refractivity contribution in [1.82, 2.24) is 15.2 Å². The van der Waals surface area contributed by atoms with Gasteiger partial charge in [-0.15, -0.1) is 0 Å². The highest BCUT2D eigenvalue weighted by Crippen LogP contribution is 2.42. The van der Waals surface area contributed by atoms with E-state index in [2.05, 4.69) is 21.3 Å². The number of aromatic nitrogens is 1. The summed E-state index contributed by atoms with van der Waals surface area (Å²) < 4.78 is 0. The molecule has 0 spiro atoms. The highest BCUT2D eigenvalue weighted by Gasteiger charge is 2.43. The molecule has 0 unspecified atom stereocenters. The van der Waals surface area contributed by atoms with Gasteiger partial charge in [0.25, 0.3) is 0 Å². The van der Waals surface area contributed by atoms with Crippen LogP contribution in [0.5, 0.6) is 0 Å². The van der Waals surface area contributed by atoms with Crippen molar-refractivity contribution in [1.29, 1.82) is 0 Å². The zero-order chi connectivity index (χ0) is 19.4. The maximum absolute atomic E-state index is 13.3. The van der Waals surface area contributed by atoms with E-state index >= 15 is 0 Å². The number of piperidine rings is 1. The summed E-state index contributed by atoms with van der Waals surface area (Å²) in [5.74, 6) is 0.204. The summed E-state index contributed by atoms with van der Waals surface area (Å²) in [7, 11) is 0. The van der Waals surface area contributed by atoms with E-state index in [-0.39, 0.29) is 17.4 Å². The van der Waals surface area contributed by atoms with Gasteiger partial charge in [-0.25, -0.2) is 0 Å². The Labute approximate surface area is 172 Å². The number of carbonyl (C=O) groups is 1. The second-order valence-electron chi connectivity index (χ2n) is 8.14. The van der Waals surface area contributed by atoms with E-state index in [0.717, 1.165) is 74.4 Å². The number of amides is 1. The fraction of sp³-hybridized carbons (Fsp3) is 0.478. The number of likely N-dealkylation sites (tertiary alicyclic amines) is 1. The van der Waals surface area contributed by atoms with Gasteiger partial charge in [-0.05, 0) is 55.5 Å². The summed E-state index contributed by atoms with van der Waals surface area (Å²) in [5, 5.41) is 4.10. The van der Waals surface area contributed by atoms with Gasteiger partial charge < -0.3 is 5.32 Å². The number of halogens is 1. The number of nitrogens with one attached hydrogen (secondary N) is 1. The zero-order valence-electron chi connectivity index (χ0n) is 16.2. The fourth-order valence-electron chi connectivity index (χ4n) is 4.67. The van der Waals surface area contributed by atoms with Gasteiger partial charge in [-0.3, -0.25) is 14.7 Å². The minimum Gasteiger partial charge on any atom is -0.353 e. The first-order valence-corrected chi connectivity index (χ1v) is 10.7. The number of rotatable bonds is 5. The summed E-state index contributed by atoms with van der Waals surface area (Å²) in [4.78, 5) is 20.2. The van der Waals surface area contributed by atoms with Gasteiger partial charge >= 0.3 is 0 Å². The van der Waals surface area contributed by atoms with Crippen molar-refractivity contribution in [2.75, 3.05) is 13.1 Å². The fourth-order valence-corrected chi connectivity index (χ4v) is 4.80. The molecule has 1 aromatic heterocycles. The van der Waals surface area contributed by atoms with Crippen LogP contribution in [0, 0.1) is 0 Å². The van der Waals surface area contributed by atoms with Crippen LogP contribution < -0.4 is 5.32 Å². The Bertz CT molecular complexity index is 779. The molecule has 2 heterocycles. The van der Waals surface area contributed by atoms with Crippen LogP contribution in [-0.4, -0.2) is 34.9 Å². The molecule has 1 N–H and O–H groups in total. The lowest BCUT2D eigenvalue weighted by Gasteiger charge is -2.35. The van der Waals surface area contributed by atoms with Crippen molar-refractivity contribution in [3.8, 4) is 0 Å². The lowest BCUT2D eigenvalue weighted by Crippen LogP contribution is -2.50. The molecule has 0 bridgehead atoms. The number of nitrogens with zero attached hydrogens (tertiary/aromatic N) is 2. The molecule has 2 aliphatic rings. The summed E-state index contributed by atoms with van der Waals surface area (Å²) in [6, 6.07) is 14.2. The largest absolute Gasteiger partial charge is 0.353 e. The maximum atomic E-state index is 13.3. The predicted molar refractivity (Wildman–Crippen MR) is 112 cm³/mol. The number of pyridine rings is 1. The molecule has 2 aromatic rings. The number of hydrogen-bond donors (Lipinski definition) is 1. The molecule has 0 atom stereocenters. The topological polar surface area (TPSA) is 45.2 Å². The van der Waals surface area contributed by atoms with E-state index in [9.17, 15) is 4.79 Å². The molecule has 0 radical (unpaired) electrons. The molecule has 5 heteroatoms. The van der Waals surface area contributed by atoms with Crippen molar-refractivity contribution in [3.05, 3.63) is 64.9 Å². The second kappa shape index (κ2) is 8.62. The molecule has 4 nitrogen and oxygen atoms in total. The Hall–Kier alpha value is -1.91. The highest BCUT2D eigenvalue weighted by atomic mass is 35.5. The smallest absolute Gasteiger partial charge is 0.230 e.